The van der Waals surface area contributed by atoms with Gasteiger partial charge in [0.15, 0.2) is 5.41 Å². The van der Waals surface area contributed by atoms with E-state index in [1.165, 1.54) is 31.4 Å². The largest absolute Gasteiger partial charge is 0.468 e. The first-order chi connectivity index (χ1) is 17.9. The van der Waals surface area contributed by atoms with E-state index in [-0.39, 0.29) is 5.69 Å². The molecule has 0 aromatic heterocycles. The first-order valence-corrected chi connectivity index (χ1v) is 11.6. The minimum Gasteiger partial charge on any atom is -0.468 e. The summed E-state index contributed by atoms with van der Waals surface area (Å²) in [4.78, 5) is 40.0. The molecule has 9 nitrogen and oxygen atoms in total. The highest BCUT2D eigenvalue weighted by molar-refractivity contribution is 6.02. The molecule has 1 saturated heterocycles. The predicted molar refractivity (Wildman–Crippen MR) is 137 cm³/mol. The number of non-ortho nitro benzene ring substituents is 1. The summed E-state index contributed by atoms with van der Waals surface area (Å²) in [6, 6.07) is 22.3. The van der Waals surface area contributed by atoms with E-state index in [2.05, 4.69) is 11.4 Å². The Labute approximate surface area is 212 Å². The molecule has 3 aromatic rings. The summed E-state index contributed by atoms with van der Waals surface area (Å²) in [5, 5.41) is 24.8. The number of carbonyl (C=O) groups excluding carboxylic acids is 2. The minimum atomic E-state index is -1.81. The molecule has 3 aromatic carbocycles. The van der Waals surface area contributed by atoms with Crippen LogP contribution in [0.2, 0.25) is 0 Å². The van der Waals surface area contributed by atoms with E-state index in [1.54, 1.807) is 35.2 Å². The monoisotopic (exact) mass is 494 g/mol. The van der Waals surface area contributed by atoms with Crippen molar-refractivity contribution in [2.75, 3.05) is 17.3 Å². The zero-order chi connectivity index (χ0) is 26.2. The quantitative estimate of drug-likeness (QED) is 0.319. The van der Waals surface area contributed by atoms with Crippen molar-refractivity contribution in [2.24, 2.45) is 5.41 Å². The third-order valence-electron chi connectivity index (χ3n) is 7.03. The zero-order valence-corrected chi connectivity index (χ0v) is 19.8. The second-order valence-electron chi connectivity index (χ2n) is 8.87. The van der Waals surface area contributed by atoms with E-state index in [9.17, 15) is 25.0 Å². The highest BCUT2D eigenvalue weighted by Crippen LogP contribution is 2.56. The highest BCUT2D eigenvalue weighted by atomic mass is 16.6. The molecule has 37 heavy (non-hydrogen) atoms. The van der Waals surface area contributed by atoms with Crippen LogP contribution in [0.15, 0.2) is 84.9 Å². The smallest absolute Gasteiger partial charge is 0.329 e. The first-order valence-electron chi connectivity index (χ1n) is 11.6. The van der Waals surface area contributed by atoms with Crippen molar-refractivity contribution in [3.05, 3.63) is 106 Å². The number of carbonyl (C=O) groups is 2. The van der Waals surface area contributed by atoms with Crippen molar-refractivity contribution < 1.29 is 19.2 Å². The number of anilines is 2. The number of ether oxygens (including phenoxy) is 1. The number of nitrogens with one attached hydrogen (secondary N) is 1. The molecule has 184 valence electrons. The second kappa shape index (κ2) is 9.24. The van der Waals surface area contributed by atoms with Crippen LogP contribution in [0.3, 0.4) is 0 Å². The summed E-state index contributed by atoms with van der Waals surface area (Å²) in [5.41, 5.74) is 0.558. The molecule has 0 spiro atoms. The standard InChI is InChI=1S/C28H22N4O5/c1-37-27(34)28(17-29)23-16-13-18-7-5-6-10-22(18)31(23)25(26(33)30-20-8-3-2-4-9-20)24(28)19-11-14-21(15-12-19)32(35)36/h2-16,23-25H,1H3,(H,30,33)/t23-,24+,25+,28-/m1/s1. The SMILES string of the molecule is COC(=O)[C@@]1(C#N)[C@@H](c2ccc([N+](=O)[O-])cc2)[C@@H](C(=O)Nc2ccccc2)N2c3ccccc3C=C[C@@H]21. The Hall–Kier alpha value is -4.97. The maximum absolute atomic E-state index is 14.0. The van der Waals surface area contributed by atoms with E-state index in [0.29, 0.717) is 16.9 Å². The molecule has 0 unspecified atom stereocenters. The lowest BCUT2D eigenvalue weighted by Gasteiger charge is -2.36. The average molecular weight is 495 g/mol. The molecule has 0 bridgehead atoms. The van der Waals surface area contributed by atoms with Gasteiger partial charge in [0, 0.05) is 29.4 Å². The number of nitrogens with zero attached hydrogens (tertiary/aromatic N) is 3. The van der Waals surface area contributed by atoms with Gasteiger partial charge < -0.3 is 15.0 Å². The summed E-state index contributed by atoms with van der Waals surface area (Å²) in [6.07, 6.45) is 3.58. The number of hydrogen-bond donors (Lipinski definition) is 1. The number of benzene rings is 3. The van der Waals surface area contributed by atoms with Crippen molar-refractivity contribution in [1.82, 2.24) is 0 Å². The van der Waals surface area contributed by atoms with Crippen molar-refractivity contribution in [3.63, 3.8) is 0 Å². The molecule has 4 atom stereocenters. The molecule has 0 aliphatic carbocycles. The molecule has 1 N–H and O–H groups in total. The van der Waals surface area contributed by atoms with Crippen LogP contribution >= 0.6 is 0 Å². The van der Waals surface area contributed by atoms with Crippen LogP contribution < -0.4 is 10.2 Å². The number of hydrogen-bond acceptors (Lipinski definition) is 7. The van der Waals surface area contributed by atoms with Gasteiger partial charge in [0.1, 0.15) is 6.04 Å². The van der Waals surface area contributed by atoms with Crippen LogP contribution in [0.1, 0.15) is 17.0 Å². The van der Waals surface area contributed by atoms with Crippen molar-refractivity contribution in [2.45, 2.75) is 18.0 Å². The molecule has 0 saturated carbocycles. The number of rotatable bonds is 5. The molecule has 2 aliphatic heterocycles. The minimum absolute atomic E-state index is 0.143. The summed E-state index contributed by atoms with van der Waals surface area (Å²) in [6.45, 7) is 0. The Balaban J connectivity index is 1.74. The molecule has 5 rings (SSSR count). The number of esters is 1. The van der Waals surface area contributed by atoms with E-state index in [1.807, 2.05) is 36.4 Å². The normalized spacial score (nSPS) is 23.4. The van der Waals surface area contributed by atoms with Gasteiger partial charge in [-0.25, -0.2) is 0 Å². The lowest BCUT2D eigenvalue weighted by molar-refractivity contribution is -0.384. The highest BCUT2D eigenvalue weighted by Gasteiger charge is 2.67. The number of methoxy groups -OCH3 is 1. The molecule has 1 fully saturated rings. The van der Waals surface area contributed by atoms with Crippen molar-refractivity contribution >= 4 is 35.0 Å². The lowest BCUT2D eigenvalue weighted by atomic mass is 9.68. The molecule has 0 radical (unpaired) electrons. The second-order valence-corrected chi connectivity index (χ2v) is 8.87. The number of nitro groups is 1. The van der Waals surface area contributed by atoms with Gasteiger partial charge in [-0.2, -0.15) is 5.26 Å². The van der Waals surface area contributed by atoms with Gasteiger partial charge in [-0.3, -0.25) is 19.7 Å². The maximum atomic E-state index is 14.0. The fourth-order valence-corrected chi connectivity index (χ4v) is 5.45. The Kier molecular flexibility index (Phi) is 5.93. The third-order valence-corrected chi connectivity index (χ3v) is 7.03. The fourth-order valence-electron chi connectivity index (χ4n) is 5.45. The lowest BCUT2D eigenvalue weighted by Crippen LogP contribution is -2.47. The van der Waals surface area contributed by atoms with Crippen LogP contribution in [-0.2, 0) is 14.3 Å². The summed E-state index contributed by atoms with van der Waals surface area (Å²) < 4.78 is 5.16. The third kappa shape index (κ3) is 3.70. The van der Waals surface area contributed by atoms with E-state index >= 15 is 0 Å². The number of para-hydroxylation sites is 2. The predicted octanol–water partition coefficient (Wildman–Crippen LogP) is 4.28. The topological polar surface area (TPSA) is 126 Å². The van der Waals surface area contributed by atoms with Crippen molar-refractivity contribution in [3.8, 4) is 6.07 Å². The fraction of sp³-hybridized carbons (Fsp3) is 0.179. The zero-order valence-electron chi connectivity index (χ0n) is 19.8. The van der Waals surface area contributed by atoms with Gasteiger partial charge >= 0.3 is 5.97 Å². The first kappa shape index (κ1) is 23.8. The van der Waals surface area contributed by atoms with E-state index < -0.39 is 40.2 Å². The Morgan fingerprint density at radius 3 is 2.38 bits per heavy atom. The van der Waals surface area contributed by atoms with Crippen LogP contribution in [0.4, 0.5) is 17.1 Å². The van der Waals surface area contributed by atoms with Gasteiger partial charge in [0.25, 0.3) is 5.69 Å². The summed E-state index contributed by atoms with van der Waals surface area (Å²) in [7, 11) is 1.20. The summed E-state index contributed by atoms with van der Waals surface area (Å²) in [5.74, 6) is -2.21. The maximum Gasteiger partial charge on any atom is 0.329 e. The average Bonchev–Trinajstić information content (AvgIpc) is 3.25. The van der Waals surface area contributed by atoms with Crippen LogP contribution in [0, 0.1) is 26.9 Å². The van der Waals surface area contributed by atoms with E-state index in [0.717, 1.165) is 5.56 Å². The number of nitriles is 1. The number of amides is 1. The van der Waals surface area contributed by atoms with Crippen LogP contribution in [0.5, 0.6) is 0 Å². The van der Waals surface area contributed by atoms with Crippen molar-refractivity contribution in [1.29, 1.82) is 5.26 Å². The Morgan fingerprint density at radius 1 is 1.05 bits per heavy atom. The van der Waals surface area contributed by atoms with Crippen LogP contribution in [0.25, 0.3) is 6.08 Å². The van der Waals surface area contributed by atoms with E-state index in [4.69, 9.17) is 4.74 Å². The molecule has 9 heteroatoms. The number of nitro benzene ring substituents is 1. The van der Waals surface area contributed by atoms with Gasteiger partial charge in [-0.05, 0) is 29.3 Å². The number of fused-ring (bicyclic) bond motifs is 3. The van der Waals surface area contributed by atoms with Gasteiger partial charge in [-0.1, -0.05) is 60.7 Å². The summed E-state index contributed by atoms with van der Waals surface area (Å²) >= 11 is 0. The molecule has 2 heterocycles. The van der Waals surface area contributed by atoms with Gasteiger partial charge in [0.05, 0.1) is 24.1 Å². The molecule has 2 aliphatic rings. The Morgan fingerprint density at radius 2 is 1.73 bits per heavy atom. The van der Waals surface area contributed by atoms with Gasteiger partial charge in [0.2, 0.25) is 5.91 Å². The molecular weight excluding hydrogens is 472 g/mol. The molecular formula is C28H22N4O5. The van der Waals surface area contributed by atoms with Crippen LogP contribution in [-0.4, -0.2) is 36.0 Å². The molecule has 1 amide bonds. The Bertz CT molecular complexity index is 1450. The van der Waals surface area contributed by atoms with Gasteiger partial charge in [-0.15, -0.1) is 0 Å².